The van der Waals surface area contributed by atoms with Crippen molar-refractivity contribution in [2.24, 2.45) is 28.6 Å². The summed E-state index contributed by atoms with van der Waals surface area (Å²) in [6.07, 6.45) is 8.96. The van der Waals surface area contributed by atoms with E-state index in [0.29, 0.717) is 17.8 Å². The first-order valence-corrected chi connectivity index (χ1v) is 15.2. The van der Waals surface area contributed by atoms with Crippen LogP contribution in [0.15, 0.2) is 67.4 Å². The van der Waals surface area contributed by atoms with Crippen molar-refractivity contribution >= 4 is 0 Å². The van der Waals surface area contributed by atoms with Crippen molar-refractivity contribution in [2.45, 2.75) is 129 Å². The molecule has 40 heavy (non-hydrogen) atoms. The number of hydrogen-bond donors (Lipinski definition) is 1. The summed E-state index contributed by atoms with van der Waals surface area (Å²) in [5.74, 6) is 1.43. The Morgan fingerprint density at radius 3 is 1.77 bits per heavy atom. The van der Waals surface area contributed by atoms with Gasteiger partial charge in [-0.3, -0.25) is 0 Å². The summed E-state index contributed by atoms with van der Waals surface area (Å²) < 4.78 is 0. The number of allylic oxidation sites excluding steroid dienone is 12. The minimum absolute atomic E-state index is 0. The van der Waals surface area contributed by atoms with Gasteiger partial charge in [0.1, 0.15) is 0 Å². The van der Waals surface area contributed by atoms with E-state index in [2.05, 4.69) is 102 Å². The molecule has 0 aromatic rings. The quantitative estimate of drug-likeness (QED) is 0.142. The average Bonchev–Trinajstić information content (AvgIpc) is 3.35. The number of aliphatic hydroxyl groups is 1. The smallest absolute Gasteiger partial charge is 1.00 e. The Bertz CT molecular complexity index is 1180. The van der Waals surface area contributed by atoms with Crippen molar-refractivity contribution in [3.05, 3.63) is 80.0 Å². The Hall–Kier alpha value is -0.224. The van der Waals surface area contributed by atoms with Crippen LogP contribution < -0.4 is 51.4 Å². The molecule has 220 valence electrons. The van der Waals surface area contributed by atoms with E-state index in [-0.39, 0.29) is 69.7 Å². The van der Waals surface area contributed by atoms with Crippen molar-refractivity contribution in [2.75, 3.05) is 0 Å². The SMILES string of the molecule is CC1=C(C)C(C)=C(C(C)C2=C(C)C(C)=C(C(C)O)C2)C1.[1H-].[CH-]=C(C)C(C)=[C-]C(C)C1C=C(CC)C(C)(C)C1(C)C.[K+]. The Balaban J connectivity index is 0.000000745. The third kappa shape index (κ3) is 7.46. The summed E-state index contributed by atoms with van der Waals surface area (Å²) in [5, 5.41) is 9.94. The molecule has 0 saturated heterocycles. The minimum atomic E-state index is -0.324. The van der Waals surface area contributed by atoms with Gasteiger partial charge in [0.15, 0.2) is 0 Å². The second-order valence-electron chi connectivity index (χ2n) is 13.8. The predicted molar refractivity (Wildman–Crippen MR) is 172 cm³/mol. The average molecular weight is 571 g/mol. The van der Waals surface area contributed by atoms with Crippen LogP contribution in [-0.4, -0.2) is 11.2 Å². The molecule has 0 bridgehead atoms. The standard InChI is InChI=1S/C19H28O.C19H30.K.H/c1-10-8-17(12(3)11(10)2)15(6)18-9-19(16(7)20)14(5)13(18)4;1-10-16-12-17(19(8,9)18(16,6)7)15(5)11-14(4)13(2)3;;/h15-16,20H,8-9H2,1-7H3;2,12,15,17H,10H2,1,3-9H3;;/q;-2;+1;-1/i;;;1+0. The minimum Gasteiger partial charge on any atom is -1.00 e. The normalized spacial score (nSPS) is 24.6. The molecule has 0 amide bonds. The largest absolute Gasteiger partial charge is 1.00 e. The molecule has 0 heterocycles. The predicted octanol–water partition coefficient (Wildman–Crippen LogP) is 7.98. The zero-order chi connectivity index (χ0) is 30.2. The second-order valence-corrected chi connectivity index (χ2v) is 13.8. The molecule has 2 heteroatoms. The third-order valence-corrected chi connectivity index (χ3v) is 11.2. The maximum absolute atomic E-state index is 9.94. The van der Waals surface area contributed by atoms with E-state index in [9.17, 15) is 5.11 Å². The third-order valence-electron chi connectivity index (χ3n) is 11.2. The first kappa shape index (κ1) is 37.8. The molecule has 0 aromatic heterocycles. The van der Waals surface area contributed by atoms with Crippen LogP contribution in [0, 0.1) is 41.2 Å². The molecule has 0 aromatic carbocycles. The first-order chi connectivity index (χ1) is 17.8. The van der Waals surface area contributed by atoms with Crippen molar-refractivity contribution in [1.82, 2.24) is 0 Å². The molecule has 0 saturated carbocycles. The zero-order valence-electron chi connectivity index (χ0n) is 30.0. The van der Waals surface area contributed by atoms with E-state index in [1.807, 2.05) is 13.8 Å². The van der Waals surface area contributed by atoms with Gasteiger partial charge in [0.05, 0.1) is 6.10 Å². The fraction of sp³-hybridized carbons (Fsp3) is 0.632. The summed E-state index contributed by atoms with van der Waals surface area (Å²) in [6, 6.07) is 0. The molecule has 3 aliphatic rings. The van der Waals surface area contributed by atoms with Crippen LogP contribution >= 0.6 is 0 Å². The van der Waals surface area contributed by atoms with Crippen molar-refractivity contribution in [1.29, 1.82) is 0 Å². The van der Waals surface area contributed by atoms with Crippen molar-refractivity contribution in [3.63, 3.8) is 0 Å². The topological polar surface area (TPSA) is 20.2 Å². The first-order valence-electron chi connectivity index (χ1n) is 15.2. The fourth-order valence-corrected chi connectivity index (χ4v) is 7.03. The molecule has 3 aliphatic carbocycles. The van der Waals surface area contributed by atoms with Gasteiger partial charge in [-0.15, -0.1) is 19.8 Å². The number of hydrogen-bond acceptors (Lipinski definition) is 1. The van der Waals surface area contributed by atoms with Crippen molar-refractivity contribution in [3.8, 4) is 0 Å². The van der Waals surface area contributed by atoms with Crippen LogP contribution in [0.3, 0.4) is 0 Å². The molecule has 1 nitrogen and oxygen atoms in total. The van der Waals surface area contributed by atoms with Gasteiger partial charge in [0.2, 0.25) is 0 Å². The maximum Gasteiger partial charge on any atom is 1.00 e. The monoisotopic (exact) mass is 570 g/mol. The van der Waals surface area contributed by atoms with Gasteiger partial charge in [-0.25, -0.2) is 0 Å². The van der Waals surface area contributed by atoms with E-state index < -0.39 is 0 Å². The van der Waals surface area contributed by atoms with Gasteiger partial charge < -0.3 is 30.3 Å². The molecular formula is C38H59KO-2. The molecule has 1 N–H and O–H groups in total. The molecular weight excluding hydrogens is 512 g/mol. The summed E-state index contributed by atoms with van der Waals surface area (Å²) >= 11 is 0. The number of rotatable bonds is 7. The molecule has 0 fully saturated rings. The Morgan fingerprint density at radius 2 is 1.40 bits per heavy atom. The van der Waals surface area contributed by atoms with E-state index in [0.717, 1.165) is 30.4 Å². The summed E-state index contributed by atoms with van der Waals surface area (Å²) in [5.41, 5.74) is 15.6. The van der Waals surface area contributed by atoms with Gasteiger partial charge in [0.25, 0.3) is 0 Å². The molecule has 3 rings (SSSR count). The Kier molecular flexibility index (Phi) is 13.7. The van der Waals surface area contributed by atoms with Crippen LogP contribution in [-0.2, 0) is 0 Å². The Morgan fingerprint density at radius 1 is 0.925 bits per heavy atom. The Labute approximate surface area is 293 Å². The van der Waals surface area contributed by atoms with E-state index in [4.69, 9.17) is 6.58 Å². The van der Waals surface area contributed by atoms with Crippen LogP contribution in [0.4, 0.5) is 0 Å². The van der Waals surface area contributed by atoms with Gasteiger partial charge in [0, 0.05) is 0 Å². The molecule has 0 aliphatic heterocycles. The van der Waals surface area contributed by atoms with Crippen molar-refractivity contribution < 1.29 is 57.9 Å². The number of aliphatic hydroxyl groups excluding tert-OH is 1. The summed E-state index contributed by atoms with van der Waals surface area (Å²) in [4.78, 5) is 0. The van der Waals surface area contributed by atoms with E-state index >= 15 is 0 Å². The second kappa shape index (κ2) is 14.5. The molecule has 4 atom stereocenters. The summed E-state index contributed by atoms with van der Waals surface area (Å²) in [6.45, 7) is 39.3. The van der Waals surface area contributed by atoms with Crippen LogP contribution in [0.2, 0.25) is 0 Å². The zero-order valence-corrected chi connectivity index (χ0v) is 32.2. The molecule has 4 unspecified atom stereocenters. The van der Waals surface area contributed by atoms with E-state index in [1.54, 1.807) is 11.1 Å². The maximum atomic E-state index is 9.94. The molecule has 0 radical (unpaired) electrons. The summed E-state index contributed by atoms with van der Waals surface area (Å²) in [7, 11) is 0. The van der Waals surface area contributed by atoms with Gasteiger partial charge in [-0.05, 0) is 111 Å². The fourth-order valence-electron chi connectivity index (χ4n) is 7.03. The molecule has 0 spiro atoms. The van der Waals surface area contributed by atoms with Crippen LogP contribution in [0.5, 0.6) is 0 Å². The van der Waals surface area contributed by atoms with Gasteiger partial charge in [-0.2, -0.15) is 0 Å². The van der Waals surface area contributed by atoms with E-state index in [1.165, 1.54) is 39.0 Å². The van der Waals surface area contributed by atoms with Gasteiger partial charge in [-0.1, -0.05) is 76.8 Å². The van der Waals surface area contributed by atoms with Crippen LogP contribution in [0.1, 0.15) is 125 Å². The van der Waals surface area contributed by atoms with Gasteiger partial charge >= 0.3 is 51.4 Å². The van der Waals surface area contributed by atoms with Crippen LogP contribution in [0.25, 0.3) is 0 Å².